The quantitative estimate of drug-likeness (QED) is 0.571. The minimum absolute atomic E-state index is 0.0432. The minimum atomic E-state index is -3.52. The molecule has 3 N–H and O–H groups in total. The lowest BCUT2D eigenvalue weighted by molar-refractivity contribution is 0.0651. The first-order valence-electron chi connectivity index (χ1n) is 10.1. The Morgan fingerprint density at radius 1 is 1.16 bits per heavy atom. The lowest BCUT2D eigenvalue weighted by atomic mass is 10.1. The van der Waals surface area contributed by atoms with Gasteiger partial charge in [-0.25, -0.2) is 8.42 Å². The summed E-state index contributed by atoms with van der Waals surface area (Å²) >= 11 is 6.07. The zero-order valence-electron chi connectivity index (χ0n) is 17.7. The molecule has 32 heavy (non-hydrogen) atoms. The van der Waals surface area contributed by atoms with Crippen LogP contribution >= 0.6 is 11.6 Å². The molecule has 168 valence electrons. The molecule has 1 aromatic heterocycles. The zero-order valence-corrected chi connectivity index (χ0v) is 19.3. The van der Waals surface area contributed by atoms with E-state index in [1.165, 1.54) is 6.07 Å². The van der Waals surface area contributed by atoms with Gasteiger partial charge in [-0.2, -0.15) is 5.10 Å². The second-order valence-electron chi connectivity index (χ2n) is 7.98. The molecule has 0 spiro atoms. The smallest absolute Gasteiger partial charge is 0.272 e. The summed E-state index contributed by atoms with van der Waals surface area (Å²) < 4.78 is 27.8. The number of anilines is 1. The molecule has 1 aliphatic heterocycles. The molecule has 0 fully saturated rings. The maximum atomic E-state index is 13.2. The average Bonchev–Trinajstić information content (AvgIpc) is 3.17. The third-order valence-electron chi connectivity index (χ3n) is 5.33. The first-order valence-corrected chi connectivity index (χ1v) is 12.4. The molecule has 1 amide bonds. The third-order valence-corrected chi connectivity index (χ3v) is 6.16. The number of aromatic nitrogens is 2. The number of hydrogen-bond acceptors (Lipinski definition) is 5. The molecular formula is C22H24ClN5O3S. The Kier molecular flexibility index (Phi) is 5.98. The van der Waals surface area contributed by atoms with Gasteiger partial charge in [0.15, 0.2) is 0 Å². The van der Waals surface area contributed by atoms with Crippen molar-refractivity contribution in [1.29, 1.82) is 0 Å². The molecule has 1 atom stereocenters. The highest BCUT2D eigenvalue weighted by Crippen LogP contribution is 2.33. The fourth-order valence-electron chi connectivity index (χ4n) is 3.82. The Morgan fingerprint density at radius 3 is 2.50 bits per heavy atom. The van der Waals surface area contributed by atoms with Crippen molar-refractivity contribution in [3.8, 4) is 11.3 Å². The topological polar surface area (TPSA) is 110 Å². The predicted molar refractivity (Wildman–Crippen MR) is 125 cm³/mol. The number of carbonyl (C=O) groups is 1. The number of halogens is 1. The van der Waals surface area contributed by atoms with Crippen LogP contribution in [0.3, 0.4) is 0 Å². The number of fused-ring (bicyclic) bond motifs is 1. The lowest BCUT2D eigenvalue weighted by Crippen LogP contribution is -2.41. The van der Waals surface area contributed by atoms with Crippen LogP contribution in [0.5, 0.6) is 0 Å². The van der Waals surface area contributed by atoms with E-state index in [9.17, 15) is 13.2 Å². The minimum Gasteiger partial charge on any atom is -0.331 e. The third kappa shape index (κ3) is 4.64. The summed E-state index contributed by atoms with van der Waals surface area (Å²) in [4.78, 5) is 15.0. The van der Waals surface area contributed by atoms with Crippen molar-refractivity contribution in [3.63, 3.8) is 0 Å². The molecule has 0 saturated carbocycles. The highest BCUT2D eigenvalue weighted by atomic mass is 35.5. The van der Waals surface area contributed by atoms with Crippen LogP contribution in [0.15, 0.2) is 48.5 Å². The van der Waals surface area contributed by atoms with E-state index >= 15 is 0 Å². The molecule has 0 saturated heterocycles. The van der Waals surface area contributed by atoms with Crippen LogP contribution in [-0.2, 0) is 23.1 Å². The normalized spacial score (nSPS) is 16.2. The van der Waals surface area contributed by atoms with Gasteiger partial charge in [0.05, 0.1) is 23.7 Å². The van der Waals surface area contributed by atoms with E-state index in [4.69, 9.17) is 17.3 Å². The van der Waals surface area contributed by atoms with Crippen molar-refractivity contribution >= 4 is 33.2 Å². The number of nitrogens with zero attached hydrogens (tertiary/aromatic N) is 3. The summed E-state index contributed by atoms with van der Waals surface area (Å²) in [5, 5.41) is 5.00. The van der Waals surface area contributed by atoms with Gasteiger partial charge >= 0.3 is 0 Å². The van der Waals surface area contributed by atoms with Gasteiger partial charge < -0.3 is 10.6 Å². The Balaban J connectivity index is 1.66. The monoisotopic (exact) mass is 473 g/mol. The standard InChI is InChI=1S/C22H24ClN5O3S/c1-14-12-27(13-16-5-3-15(11-24)4-6-16)22(29)21-10-19(25-28(14)21)18-8-7-17(23)9-20(18)26-32(2,30)31/h3-10,14,26H,11-13,24H2,1-2H3/t14-/m0/s1. The maximum Gasteiger partial charge on any atom is 0.272 e. The summed E-state index contributed by atoms with van der Waals surface area (Å²) in [6, 6.07) is 14.4. The van der Waals surface area contributed by atoms with Gasteiger partial charge in [-0.15, -0.1) is 0 Å². The number of nitrogens with one attached hydrogen (secondary N) is 1. The molecule has 10 heteroatoms. The van der Waals surface area contributed by atoms with Crippen molar-refractivity contribution in [1.82, 2.24) is 14.7 Å². The van der Waals surface area contributed by atoms with Crippen molar-refractivity contribution in [3.05, 3.63) is 70.4 Å². The van der Waals surface area contributed by atoms with E-state index in [0.29, 0.717) is 47.3 Å². The first kappa shape index (κ1) is 22.3. The molecule has 0 radical (unpaired) electrons. The molecule has 3 aromatic rings. The lowest BCUT2D eigenvalue weighted by Gasteiger charge is -2.31. The summed E-state index contributed by atoms with van der Waals surface area (Å²) in [7, 11) is -3.52. The Morgan fingerprint density at radius 2 is 1.84 bits per heavy atom. The molecule has 8 nitrogen and oxygen atoms in total. The SMILES string of the molecule is C[C@H]1CN(Cc2ccc(CN)cc2)C(=O)c2cc(-c3ccc(Cl)cc3NS(C)(=O)=O)nn21. The van der Waals surface area contributed by atoms with Crippen LogP contribution in [0.4, 0.5) is 5.69 Å². The number of rotatable bonds is 6. The van der Waals surface area contributed by atoms with Gasteiger partial charge in [-0.05, 0) is 42.3 Å². The number of benzene rings is 2. The van der Waals surface area contributed by atoms with Crippen LogP contribution < -0.4 is 10.5 Å². The summed E-state index contributed by atoms with van der Waals surface area (Å²) in [6.45, 7) is 3.47. The molecule has 0 aliphatic carbocycles. The fraction of sp³-hybridized carbons (Fsp3) is 0.273. The van der Waals surface area contributed by atoms with Crippen molar-refractivity contribution in [2.24, 2.45) is 5.73 Å². The van der Waals surface area contributed by atoms with Crippen molar-refractivity contribution in [2.45, 2.75) is 26.1 Å². The number of hydrogen-bond donors (Lipinski definition) is 2. The first-order chi connectivity index (χ1) is 15.1. The molecule has 2 heterocycles. The fourth-order valence-corrected chi connectivity index (χ4v) is 4.56. The van der Waals surface area contributed by atoms with E-state index in [0.717, 1.165) is 17.4 Å². The number of nitrogens with two attached hydrogens (primary N) is 1. The van der Waals surface area contributed by atoms with E-state index in [1.807, 2.05) is 31.2 Å². The van der Waals surface area contributed by atoms with Gasteiger partial charge in [-0.3, -0.25) is 14.2 Å². The van der Waals surface area contributed by atoms with Crippen LogP contribution in [0.25, 0.3) is 11.3 Å². The van der Waals surface area contributed by atoms with Gasteiger partial charge in [-0.1, -0.05) is 35.9 Å². The molecular weight excluding hydrogens is 450 g/mol. The van der Waals surface area contributed by atoms with Crippen molar-refractivity contribution in [2.75, 3.05) is 17.5 Å². The molecule has 0 unspecified atom stereocenters. The Labute approximate surface area is 192 Å². The van der Waals surface area contributed by atoms with E-state index in [1.54, 1.807) is 27.8 Å². The van der Waals surface area contributed by atoms with E-state index in [-0.39, 0.29) is 11.9 Å². The highest BCUT2D eigenvalue weighted by Gasteiger charge is 2.31. The van der Waals surface area contributed by atoms with Crippen LogP contribution in [0.2, 0.25) is 5.02 Å². The molecule has 1 aliphatic rings. The van der Waals surface area contributed by atoms with Crippen LogP contribution in [-0.4, -0.2) is 41.8 Å². The predicted octanol–water partition coefficient (Wildman–Crippen LogP) is 3.25. The largest absolute Gasteiger partial charge is 0.331 e. The van der Waals surface area contributed by atoms with Crippen LogP contribution in [0, 0.1) is 0 Å². The van der Waals surface area contributed by atoms with Gasteiger partial charge in [0.25, 0.3) is 5.91 Å². The summed E-state index contributed by atoms with van der Waals surface area (Å²) in [5.41, 5.74) is 9.53. The van der Waals surface area contributed by atoms with Gasteiger partial charge in [0.2, 0.25) is 10.0 Å². The van der Waals surface area contributed by atoms with Crippen LogP contribution in [0.1, 0.15) is 34.6 Å². The second kappa shape index (κ2) is 8.57. The number of carbonyl (C=O) groups excluding carboxylic acids is 1. The zero-order chi connectivity index (χ0) is 23.0. The van der Waals surface area contributed by atoms with Gasteiger partial charge in [0, 0.05) is 30.2 Å². The molecule has 2 aromatic carbocycles. The highest BCUT2D eigenvalue weighted by molar-refractivity contribution is 7.92. The average molecular weight is 474 g/mol. The second-order valence-corrected chi connectivity index (χ2v) is 10.2. The molecule has 4 rings (SSSR count). The summed E-state index contributed by atoms with van der Waals surface area (Å²) in [5.74, 6) is -0.128. The van der Waals surface area contributed by atoms with Crippen molar-refractivity contribution < 1.29 is 13.2 Å². The number of sulfonamides is 1. The Hall–Kier alpha value is -2.88. The van der Waals surface area contributed by atoms with Gasteiger partial charge in [0.1, 0.15) is 5.69 Å². The number of amides is 1. The molecule has 0 bridgehead atoms. The maximum absolute atomic E-state index is 13.2. The Bertz CT molecular complexity index is 1270. The van der Waals surface area contributed by atoms with E-state index in [2.05, 4.69) is 9.82 Å². The van der Waals surface area contributed by atoms with E-state index < -0.39 is 10.0 Å². The summed E-state index contributed by atoms with van der Waals surface area (Å²) in [6.07, 6.45) is 1.07.